The van der Waals surface area contributed by atoms with Crippen LogP contribution >= 0.6 is 23.2 Å². The Kier molecular flexibility index (Phi) is 7.11. The molecule has 1 fully saturated rings. The maximum atomic E-state index is 13.0. The van der Waals surface area contributed by atoms with Gasteiger partial charge in [-0.15, -0.1) is 0 Å². The van der Waals surface area contributed by atoms with Crippen LogP contribution in [0.3, 0.4) is 0 Å². The molecule has 1 aliphatic rings. The lowest BCUT2D eigenvalue weighted by atomic mass is 10.1. The van der Waals surface area contributed by atoms with Crippen LogP contribution in [0.25, 0.3) is 0 Å². The smallest absolute Gasteiger partial charge is 0.254 e. The second-order valence-corrected chi connectivity index (χ2v) is 8.47. The number of rotatable bonds is 6. The van der Waals surface area contributed by atoms with Gasteiger partial charge in [0, 0.05) is 41.0 Å². The Hall–Kier alpha value is -3.16. The van der Waals surface area contributed by atoms with Crippen LogP contribution in [0.4, 0.5) is 4.39 Å². The van der Waals surface area contributed by atoms with Crippen LogP contribution in [-0.2, 0) is 11.3 Å². The zero-order valence-electron chi connectivity index (χ0n) is 17.4. The molecular weight excluding hydrogens is 468 g/mol. The van der Waals surface area contributed by atoms with Crippen molar-refractivity contribution in [3.63, 3.8) is 0 Å². The first-order valence-corrected chi connectivity index (χ1v) is 11.1. The number of carbonyl (C=O) groups is 2. The van der Waals surface area contributed by atoms with Crippen molar-refractivity contribution in [3.8, 4) is 11.6 Å². The predicted molar refractivity (Wildman–Crippen MR) is 123 cm³/mol. The minimum Gasteiger partial charge on any atom is -0.439 e. The van der Waals surface area contributed by atoms with Crippen LogP contribution in [0.5, 0.6) is 11.6 Å². The number of amides is 2. The van der Waals surface area contributed by atoms with E-state index in [1.165, 1.54) is 24.3 Å². The lowest BCUT2D eigenvalue weighted by Gasteiger charge is -2.24. The third-order valence-electron chi connectivity index (χ3n) is 5.23. The molecule has 1 N–H and O–H groups in total. The van der Waals surface area contributed by atoms with Crippen molar-refractivity contribution in [2.24, 2.45) is 0 Å². The zero-order chi connectivity index (χ0) is 23.4. The van der Waals surface area contributed by atoms with Crippen molar-refractivity contribution in [2.45, 2.75) is 25.4 Å². The third kappa shape index (κ3) is 5.80. The summed E-state index contributed by atoms with van der Waals surface area (Å²) in [5.41, 5.74) is 1.13. The van der Waals surface area contributed by atoms with E-state index in [1.807, 2.05) is 0 Å². The van der Waals surface area contributed by atoms with Gasteiger partial charge in [0.25, 0.3) is 5.91 Å². The van der Waals surface area contributed by atoms with Gasteiger partial charge in [-0.25, -0.2) is 9.37 Å². The SMILES string of the molecule is O=C(NCc1ccc(Oc2ccc(F)cc2)nc1)C1CCCN1C(=O)c1cc(Cl)cc(Cl)c1. The molecule has 6 nitrogen and oxygen atoms in total. The van der Waals surface area contributed by atoms with E-state index in [0.29, 0.717) is 40.2 Å². The maximum absolute atomic E-state index is 13.0. The summed E-state index contributed by atoms with van der Waals surface area (Å²) in [5, 5.41) is 3.60. The van der Waals surface area contributed by atoms with Gasteiger partial charge in [-0.05, 0) is 60.9 Å². The number of likely N-dealkylation sites (tertiary alicyclic amines) is 1. The molecule has 2 heterocycles. The minimum absolute atomic E-state index is 0.236. The summed E-state index contributed by atoms with van der Waals surface area (Å²) in [5.74, 6) is -0.0386. The Morgan fingerprint density at radius 3 is 2.48 bits per heavy atom. The first-order chi connectivity index (χ1) is 15.9. The standard InChI is InChI=1S/C24H20Cl2FN3O3/c25-17-10-16(11-18(26)12-17)24(32)30-9-1-2-21(30)23(31)29-14-15-3-8-22(28-13-15)33-20-6-4-19(27)5-7-20/h3-8,10-13,21H,1-2,9,14H2,(H,29,31). The molecule has 1 saturated heterocycles. The molecule has 1 atom stereocenters. The highest BCUT2D eigenvalue weighted by Gasteiger charge is 2.34. The van der Waals surface area contributed by atoms with Crippen LogP contribution in [0.15, 0.2) is 60.8 Å². The molecule has 2 amide bonds. The molecule has 33 heavy (non-hydrogen) atoms. The fourth-order valence-corrected chi connectivity index (χ4v) is 4.16. The number of aromatic nitrogens is 1. The van der Waals surface area contributed by atoms with Gasteiger partial charge in [0.05, 0.1) is 0 Å². The average molecular weight is 488 g/mol. The summed E-state index contributed by atoms with van der Waals surface area (Å²) in [6.07, 6.45) is 2.90. The Labute approximate surface area is 200 Å². The highest BCUT2D eigenvalue weighted by molar-refractivity contribution is 6.35. The van der Waals surface area contributed by atoms with Gasteiger partial charge in [-0.1, -0.05) is 29.3 Å². The number of nitrogens with one attached hydrogen (secondary N) is 1. The van der Waals surface area contributed by atoms with E-state index in [1.54, 1.807) is 41.4 Å². The quantitative estimate of drug-likeness (QED) is 0.515. The fourth-order valence-electron chi connectivity index (χ4n) is 3.63. The first kappa shape index (κ1) is 23.0. The monoisotopic (exact) mass is 487 g/mol. The molecule has 1 aromatic heterocycles. The van der Waals surface area contributed by atoms with Crippen LogP contribution in [0, 0.1) is 5.82 Å². The fraction of sp³-hybridized carbons (Fsp3) is 0.208. The van der Waals surface area contributed by atoms with E-state index >= 15 is 0 Å². The molecule has 4 rings (SSSR count). The largest absolute Gasteiger partial charge is 0.439 e. The summed E-state index contributed by atoms with van der Waals surface area (Å²) in [4.78, 5) is 31.5. The molecule has 9 heteroatoms. The van der Waals surface area contributed by atoms with Gasteiger partial charge in [-0.3, -0.25) is 9.59 Å². The molecule has 2 aromatic carbocycles. The molecule has 0 aliphatic carbocycles. The summed E-state index contributed by atoms with van der Waals surface area (Å²) >= 11 is 12.0. The van der Waals surface area contributed by atoms with Crippen LogP contribution in [0.2, 0.25) is 10.0 Å². The molecule has 170 valence electrons. The third-order valence-corrected chi connectivity index (χ3v) is 5.66. The Balaban J connectivity index is 1.34. The maximum Gasteiger partial charge on any atom is 0.254 e. The van der Waals surface area contributed by atoms with E-state index in [4.69, 9.17) is 27.9 Å². The lowest BCUT2D eigenvalue weighted by Crippen LogP contribution is -2.45. The molecule has 3 aromatic rings. The van der Waals surface area contributed by atoms with Crippen molar-refractivity contribution < 1.29 is 18.7 Å². The van der Waals surface area contributed by atoms with E-state index in [0.717, 1.165) is 12.0 Å². The highest BCUT2D eigenvalue weighted by atomic mass is 35.5. The second-order valence-electron chi connectivity index (χ2n) is 7.59. The normalized spacial score (nSPS) is 15.4. The summed E-state index contributed by atoms with van der Waals surface area (Å²) in [6.45, 7) is 0.738. The van der Waals surface area contributed by atoms with E-state index in [-0.39, 0.29) is 24.2 Å². The molecular formula is C24H20Cl2FN3O3. The number of benzene rings is 2. The van der Waals surface area contributed by atoms with Gasteiger partial charge in [0.1, 0.15) is 17.6 Å². The molecule has 0 saturated carbocycles. The van der Waals surface area contributed by atoms with Crippen molar-refractivity contribution in [1.29, 1.82) is 0 Å². The van der Waals surface area contributed by atoms with Crippen molar-refractivity contribution in [3.05, 3.63) is 87.8 Å². The molecule has 0 radical (unpaired) electrons. The van der Waals surface area contributed by atoms with E-state index in [2.05, 4.69) is 10.3 Å². The van der Waals surface area contributed by atoms with Gasteiger partial charge in [-0.2, -0.15) is 0 Å². The van der Waals surface area contributed by atoms with Crippen molar-refractivity contribution in [1.82, 2.24) is 15.2 Å². The van der Waals surface area contributed by atoms with Gasteiger partial charge < -0.3 is 15.0 Å². The number of carbonyl (C=O) groups excluding carboxylic acids is 2. The summed E-state index contributed by atoms with van der Waals surface area (Å²) < 4.78 is 18.6. The number of pyridine rings is 1. The van der Waals surface area contributed by atoms with Gasteiger partial charge in [0.2, 0.25) is 11.8 Å². The number of halogens is 3. The summed E-state index contributed by atoms with van der Waals surface area (Å²) in [6, 6.07) is 13.1. The zero-order valence-corrected chi connectivity index (χ0v) is 18.9. The number of ether oxygens (including phenoxy) is 1. The van der Waals surface area contributed by atoms with Crippen LogP contribution < -0.4 is 10.1 Å². The molecule has 1 aliphatic heterocycles. The van der Waals surface area contributed by atoms with E-state index in [9.17, 15) is 14.0 Å². The Morgan fingerprint density at radius 1 is 1.09 bits per heavy atom. The highest BCUT2D eigenvalue weighted by Crippen LogP contribution is 2.25. The molecule has 1 unspecified atom stereocenters. The lowest BCUT2D eigenvalue weighted by molar-refractivity contribution is -0.125. The summed E-state index contributed by atoms with van der Waals surface area (Å²) in [7, 11) is 0. The Morgan fingerprint density at radius 2 is 1.82 bits per heavy atom. The molecule has 0 bridgehead atoms. The topological polar surface area (TPSA) is 71.5 Å². The van der Waals surface area contributed by atoms with Gasteiger partial charge >= 0.3 is 0 Å². The Bertz CT molecular complexity index is 1140. The van der Waals surface area contributed by atoms with Gasteiger partial charge in [0.15, 0.2) is 0 Å². The van der Waals surface area contributed by atoms with Crippen LogP contribution in [-0.4, -0.2) is 34.3 Å². The average Bonchev–Trinajstić information content (AvgIpc) is 3.29. The van der Waals surface area contributed by atoms with E-state index < -0.39 is 6.04 Å². The van der Waals surface area contributed by atoms with Crippen molar-refractivity contribution in [2.75, 3.05) is 6.54 Å². The number of nitrogens with zero attached hydrogens (tertiary/aromatic N) is 2. The first-order valence-electron chi connectivity index (χ1n) is 10.3. The minimum atomic E-state index is -0.565. The predicted octanol–water partition coefficient (Wildman–Crippen LogP) is 5.24. The van der Waals surface area contributed by atoms with Crippen LogP contribution in [0.1, 0.15) is 28.8 Å². The number of hydrogen-bond acceptors (Lipinski definition) is 4. The number of hydrogen-bond donors (Lipinski definition) is 1. The second kappa shape index (κ2) is 10.2. The molecule has 0 spiro atoms. The van der Waals surface area contributed by atoms with Crippen molar-refractivity contribution >= 4 is 35.0 Å².